The standard InChI is InChI=1S/C27H27N5O3/c33-16-13-28-26(34)19-5-3-18(4-6-19)25-30-23-12-9-21(17-24(23)31-25)29-27(35)20-7-10-22(11-8-20)32-14-1-2-15-32/h3-12,17,33H,1-2,13-16H2,(H,28,34)(H,29,35)(H,30,31). The maximum Gasteiger partial charge on any atom is 0.255 e. The number of aromatic amines is 1. The molecular formula is C27H27N5O3. The largest absolute Gasteiger partial charge is 0.395 e. The maximum atomic E-state index is 12.8. The molecule has 0 unspecified atom stereocenters. The number of carbonyl (C=O) groups excluding carboxylic acids is 2. The van der Waals surface area contributed by atoms with Gasteiger partial charge in [0.05, 0.1) is 17.6 Å². The van der Waals surface area contributed by atoms with E-state index in [9.17, 15) is 9.59 Å². The molecule has 0 spiro atoms. The summed E-state index contributed by atoms with van der Waals surface area (Å²) in [5.41, 5.74) is 5.35. The molecule has 1 fully saturated rings. The highest BCUT2D eigenvalue weighted by Gasteiger charge is 2.14. The normalized spacial score (nSPS) is 13.2. The van der Waals surface area contributed by atoms with Crippen LogP contribution in [0.25, 0.3) is 22.4 Å². The molecule has 1 aromatic heterocycles. The van der Waals surface area contributed by atoms with Crippen molar-refractivity contribution in [2.24, 2.45) is 0 Å². The number of hydrogen-bond acceptors (Lipinski definition) is 5. The predicted octanol–water partition coefficient (Wildman–Crippen LogP) is 3.80. The molecule has 0 atom stereocenters. The van der Waals surface area contributed by atoms with E-state index in [2.05, 4.69) is 25.5 Å². The molecule has 1 aliphatic heterocycles. The van der Waals surface area contributed by atoms with Gasteiger partial charge in [-0.1, -0.05) is 12.1 Å². The summed E-state index contributed by atoms with van der Waals surface area (Å²) in [6.45, 7) is 2.26. The van der Waals surface area contributed by atoms with Crippen LogP contribution in [-0.4, -0.2) is 53.1 Å². The number of imidazole rings is 1. The summed E-state index contributed by atoms with van der Waals surface area (Å²) in [6.07, 6.45) is 2.43. The van der Waals surface area contributed by atoms with Crippen LogP contribution >= 0.6 is 0 Å². The van der Waals surface area contributed by atoms with Crippen LogP contribution in [-0.2, 0) is 0 Å². The lowest BCUT2D eigenvalue weighted by atomic mass is 10.1. The van der Waals surface area contributed by atoms with Crippen molar-refractivity contribution in [2.45, 2.75) is 12.8 Å². The lowest BCUT2D eigenvalue weighted by Gasteiger charge is -2.17. The Kier molecular flexibility index (Phi) is 6.45. The van der Waals surface area contributed by atoms with Gasteiger partial charge in [-0.2, -0.15) is 0 Å². The van der Waals surface area contributed by atoms with Gasteiger partial charge < -0.3 is 25.6 Å². The number of nitrogens with zero attached hydrogens (tertiary/aromatic N) is 2. The fourth-order valence-electron chi connectivity index (χ4n) is 4.27. The smallest absolute Gasteiger partial charge is 0.255 e. The van der Waals surface area contributed by atoms with E-state index in [-0.39, 0.29) is 25.0 Å². The highest BCUT2D eigenvalue weighted by atomic mass is 16.3. The number of fused-ring (bicyclic) bond motifs is 1. The predicted molar refractivity (Wildman–Crippen MR) is 137 cm³/mol. The summed E-state index contributed by atoms with van der Waals surface area (Å²) < 4.78 is 0. The molecule has 4 aromatic rings. The molecule has 2 amide bonds. The van der Waals surface area contributed by atoms with Gasteiger partial charge in [0.15, 0.2) is 0 Å². The highest BCUT2D eigenvalue weighted by molar-refractivity contribution is 6.05. The number of rotatable bonds is 7. The maximum absolute atomic E-state index is 12.8. The van der Waals surface area contributed by atoms with Gasteiger partial charge >= 0.3 is 0 Å². The van der Waals surface area contributed by atoms with Crippen LogP contribution in [0.4, 0.5) is 11.4 Å². The first-order chi connectivity index (χ1) is 17.1. The second kappa shape index (κ2) is 9.99. The van der Waals surface area contributed by atoms with Crippen LogP contribution in [0.15, 0.2) is 66.7 Å². The number of hydrogen-bond donors (Lipinski definition) is 4. The lowest BCUT2D eigenvalue weighted by Crippen LogP contribution is -2.26. The number of carbonyl (C=O) groups is 2. The Hall–Kier alpha value is -4.17. The molecule has 4 N–H and O–H groups in total. The molecule has 5 rings (SSSR count). The number of nitrogens with one attached hydrogen (secondary N) is 3. The number of amides is 2. The van der Waals surface area contributed by atoms with Crippen molar-refractivity contribution in [3.8, 4) is 11.4 Å². The first-order valence-electron chi connectivity index (χ1n) is 11.8. The second-order valence-corrected chi connectivity index (χ2v) is 8.57. The van der Waals surface area contributed by atoms with Crippen molar-refractivity contribution in [1.82, 2.24) is 15.3 Å². The average molecular weight is 470 g/mol. The topological polar surface area (TPSA) is 110 Å². The van der Waals surface area contributed by atoms with Gasteiger partial charge in [-0.05, 0) is 67.4 Å². The quantitative estimate of drug-likeness (QED) is 0.329. The molecule has 0 aliphatic carbocycles. The number of anilines is 2. The van der Waals surface area contributed by atoms with Gasteiger partial charge in [0.25, 0.3) is 11.8 Å². The molecular weight excluding hydrogens is 442 g/mol. The summed E-state index contributed by atoms with van der Waals surface area (Å²) >= 11 is 0. The van der Waals surface area contributed by atoms with Crippen LogP contribution in [0, 0.1) is 0 Å². The second-order valence-electron chi connectivity index (χ2n) is 8.57. The minimum absolute atomic E-state index is 0.101. The van der Waals surface area contributed by atoms with Crippen molar-refractivity contribution in [2.75, 3.05) is 36.5 Å². The Labute approximate surface area is 203 Å². The summed E-state index contributed by atoms with van der Waals surface area (Å²) in [6, 6.07) is 20.4. The Balaban J connectivity index is 1.28. The Bertz CT molecular complexity index is 1340. The Morgan fingerprint density at radius 2 is 1.60 bits per heavy atom. The van der Waals surface area contributed by atoms with Crippen LogP contribution in [0.1, 0.15) is 33.6 Å². The third-order valence-corrected chi connectivity index (χ3v) is 6.16. The van der Waals surface area contributed by atoms with E-state index in [4.69, 9.17) is 5.11 Å². The number of aliphatic hydroxyl groups is 1. The van der Waals surface area contributed by atoms with Crippen LogP contribution in [0.3, 0.4) is 0 Å². The van der Waals surface area contributed by atoms with Crippen LogP contribution < -0.4 is 15.5 Å². The van der Waals surface area contributed by atoms with Crippen LogP contribution in [0.2, 0.25) is 0 Å². The summed E-state index contributed by atoms with van der Waals surface area (Å²) in [7, 11) is 0. The first-order valence-corrected chi connectivity index (χ1v) is 11.8. The highest BCUT2D eigenvalue weighted by Crippen LogP contribution is 2.24. The van der Waals surface area contributed by atoms with Crippen molar-refractivity contribution < 1.29 is 14.7 Å². The van der Waals surface area contributed by atoms with E-state index < -0.39 is 0 Å². The SMILES string of the molecule is O=C(NCCO)c1ccc(-c2nc3cc(NC(=O)c4ccc(N5CCCC5)cc4)ccc3[nH]2)cc1. The molecule has 0 radical (unpaired) electrons. The van der Waals surface area contributed by atoms with Gasteiger partial charge in [-0.3, -0.25) is 9.59 Å². The monoisotopic (exact) mass is 469 g/mol. The van der Waals surface area contributed by atoms with Crippen molar-refractivity contribution in [1.29, 1.82) is 0 Å². The average Bonchev–Trinajstić information content (AvgIpc) is 3.58. The molecule has 178 valence electrons. The number of aliphatic hydroxyl groups excluding tert-OH is 1. The zero-order valence-corrected chi connectivity index (χ0v) is 19.3. The molecule has 35 heavy (non-hydrogen) atoms. The van der Waals surface area contributed by atoms with E-state index in [1.54, 1.807) is 12.1 Å². The minimum Gasteiger partial charge on any atom is -0.395 e. The van der Waals surface area contributed by atoms with Gasteiger partial charge in [-0.15, -0.1) is 0 Å². The van der Waals surface area contributed by atoms with Crippen molar-refractivity contribution in [3.63, 3.8) is 0 Å². The third-order valence-electron chi connectivity index (χ3n) is 6.16. The van der Waals surface area contributed by atoms with E-state index in [0.29, 0.717) is 22.6 Å². The molecule has 0 bridgehead atoms. The number of H-pyrrole nitrogens is 1. The summed E-state index contributed by atoms with van der Waals surface area (Å²) in [5, 5.41) is 14.4. The van der Waals surface area contributed by atoms with Gasteiger partial charge in [0.1, 0.15) is 5.82 Å². The number of benzene rings is 3. The molecule has 2 heterocycles. The fourth-order valence-corrected chi connectivity index (χ4v) is 4.27. The van der Waals surface area contributed by atoms with E-state index >= 15 is 0 Å². The van der Waals surface area contributed by atoms with Gasteiger partial charge in [-0.25, -0.2) is 4.98 Å². The minimum atomic E-state index is -0.235. The molecule has 3 aromatic carbocycles. The van der Waals surface area contributed by atoms with E-state index in [1.165, 1.54) is 12.8 Å². The van der Waals surface area contributed by atoms with E-state index in [1.807, 2.05) is 54.6 Å². The zero-order valence-electron chi connectivity index (χ0n) is 19.3. The summed E-state index contributed by atoms with van der Waals surface area (Å²) in [5.74, 6) is 0.271. The Morgan fingerprint density at radius 1 is 0.914 bits per heavy atom. The molecule has 8 heteroatoms. The molecule has 8 nitrogen and oxygen atoms in total. The number of aromatic nitrogens is 2. The van der Waals surface area contributed by atoms with Gasteiger partial charge in [0, 0.05) is 47.7 Å². The Morgan fingerprint density at radius 3 is 2.31 bits per heavy atom. The van der Waals surface area contributed by atoms with Crippen molar-refractivity contribution >= 4 is 34.2 Å². The van der Waals surface area contributed by atoms with Crippen LogP contribution in [0.5, 0.6) is 0 Å². The van der Waals surface area contributed by atoms with Crippen molar-refractivity contribution in [3.05, 3.63) is 77.9 Å². The van der Waals surface area contributed by atoms with Gasteiger partial charge in [0.2, 0.25) is 0 Å². The molecule has 1 saturated heterocycles. The fraction of sp³-hybridized carbons (Fsp3) is 0.222. The first kappa shape index (κ1) is 22.6. The lowest BCUT2D eigenvalue weighted by molar-refractivity contribution is 0.0944. The zero-order chi connectivity index (χ0) is 24.2. The molecule has 0 saturated carbocycles. The van der Waals surface area contributed by atoms with E-state index in [0.717, 1.165) is 35.4 Å². The third kappa shape index (κ3) is 5.02. The molecule has 1 aliphatic rings. The summed E-state index contributed by atoms with van der Waals surface area (Å²) in [4.78, 5) is 35.1.